The van der Waals surface area contributed by atoms with E-state index in [1.807, 2.05) is 0 Å². The van der Waals surface area contributed by atoms with Crippen molar-refractivity contribution in [3.8, 4) is 0 Å². The number of hydrogen-bond donors (Lipinski definition) is 1. The second-order valence-corrected chi connectivity index (χ2v) is 4.44. The zero-order chi connectivity index (χ0) is 8.93. The molecule has 3 aliphatic rings. The van der Waals surface area contributed by atoms with E-state index in [1.165, 1.54) is 0 Å². The highest BCUT2D eigenvalue weighted by Crippen LogP contribution is 2.57. The normalized spacial score (nSPS) is 37.2. The van der Waals surface area contributed by atoms with Crippen LogP contribution in [0.15, 0.2) is 11.6 Å². The van der Waals surface area contributed by atoms with Gasteiger partial charge in [-0.05, 0) is 29.4 Å². The van der Waals surface area contributed by atoms with Crippen LogP contribution in [0.4, 0.5) is 0 Å². The molecular weight excluding hydrogens is 152 g/mol. The van der Waals surface area contributed by atoms with Crippen LogP contribution in [-0.4, -0.2) is 17.5 Å². The Hall–Kier alpha value is -0.630. The van der Waals surface area contributed by atoms with Crippen LogP contribution in [0, 0.1) is 17.3 Å². The van der Waals surface area contributed by atoms with Crippen LogP contribution in [0.2, 0.25) is 0 Å². The quantitative estimate of drug-likeness (QED) is 0.634. The van der Waals surface area contributed by atoms with Gasteiger partial charge in [-0.25, -0.2) is 0 Å². The van der Waals surface area contributed by atoms with Gasteiger partial charge in [0.2, 0.25) is 0 Å². The number of ketones is 1. The molecule has 0 aromatic rings. The van der Waals surface area contributed by atoms with E-state index in [0.717, 1.165) is 12.0 Å². The maximum absolute atomic E-state index is 11.4. The lowest BCUT2D eigenvalue weighted by Gasteiger charge is -2.54. The van der Waals surface area contributed by atoms with Crippen LogP contribution < -0.4 is 0 Å². The van der Waals surface area contributed by atoms with Crippen LogP contribution in [-0.2, 0) is 4.79 Å². The molecule has 0 heterocycles. The first-order chi connectivity index (χ1) is 5.57. The number of carbonyl (C=O) groups is 1. The summed E-state index contributed by atoms with van der Waals surface area (Å²) in [5.74, 6) is 0.884. The van der Waals surface area contributed by atoms with Crippen molar-refractivity contribution >= 4 is 5.78 Å². The Morgan fingerprint density at radius 1 is 1.58 bits per heavy atom. The minimum atomic E-state index is 0.0482. The van der Waals surface area contributed by atoms with Gasteiger partial charge in [-0.15, -0.1) is 0 Å². The number of allylic oxidation sites excluding steroid dienone is 1. The molecule has 0 radical (unpaired) electrons. The minimum Gasteiger partial charge on any atom is -0.392 e. The molecule has 0 aromatic carbocycles. The summed E-state index contributed by atoms with van der Waals surface area (Å²) in [6.45, 7) is 4.28. The van der Waals surface area contributed by atoms with Crippen molar-refractivity contribution in [1.82, 2.24) is 0 Å². The zero-order valence-electron chi connectivity index (χ0n) is 7.50. The van der Waals surface area contributed by atoms with Gasteiger partial charge in [0.1, 0.15) is 0 Å². The molecule has 3 rings (SSSR count). The Bertz CT molecular complexity index is 263. The van der Waals surface area contributed by atoms with Crippen molar-refractivity contribution < 1.29 is 9.90 Å². The molecule has 0 spiro atoms. The van der Waals surface area contributed by atoms with Crippen LogP contribution in [0.3, 0.4) is 0 Å². The topological polar surface area (TPSA) is 37.3 Å². The summed E-state index contributed by atoms with van der Waals surface area (Å²) < 4.78 is 0. The highest BCUT2D eigenvalue weighted by atomic mass is 16.3. The van der Waals surface area contributed by atoms with Crippen molar-refractivity contribution in [2.75, 3.05) is 6.61 Å². The van der Waals surface area contributed by atoms with Crippen LogP contribution >= 0.6 is 0 Å². The minimum absolute atomic E-state index is 0.0482. The standard InChI is InChI=1S/C10H14O2/c1-10(2)7-4-8(10)9(12)3-6(7)5-11/h3,7-8,11H,4-5H2,1-2H3/t7-,8+/m0/s1. The fourth-order valence-electron chi connectivity index (χ4n) is 2.58. The summed E-state index contributed by atoms with van der Waals surface area (Å²) in [5.41, 5.74) is 1.04. The highest BCUT2D eigenvalue weighted by Gasteiger charge is 2.54. The second-order valence-electron chi connectivity index (χ2n) is 4.44. The summed E-state index contributed by atoms with van der Waals surface area (Å²) in [6.07, 6.45) is 2.60. The maximum Gasteiger partial charge on any atom is 0.159 e. The monoisotopic (exact) mass is 166 g/mol. The van der Waals surface area contributed by atoms with E-state index in [1.54, 1.807) is 6.08 Å². The van der Waals surface area contributed by atoms with Gasteiger partial charge in [-0.3, -0.25) is 4.79 Å². The number of fused-ring (bicyclic) bond motifs is 1. The van der Waals surface area contributed by atoms with Gasteiger partial charge in [0.15, 0.2) is 5.78 Å². The van der Waals surface area contributed by atoms with E-state index in [4.69, 9.17) is 5.11 Å². The first-order valence-electron chi connectivity index (χ1n) is 4.42. The Kier molecular flexibility index (Phi) is 1.46. The Morgan fingerprint density at radius 2 is 2.25 bits per heavy atom. The van der Waals surface area contributed by atoms with Crippen LogP contribution in [0.1, 0.15) is 20.3 Å². The molecule has 1 saturated carbocycles. The fraction of sp³-hybridized carbons (Fsp3) is 0.700. The Labute approximate surface area is 72.3 Å². The molecule has 1 fully saturated rings. The number of rotatable bonds is 1. The average Bonchev–Trinajstić information content (AvgIpc) is 2.02. The lowest BCUT2D eigenvalue weighted by atomic mass is 9.48. The summed E-state index contributed by atoms with van der Waals surface area (Å²) >= 11 is 0. The SMILES string of the molecule is CC1(C)[C@@H]2C[C@H]1C(CO)=CC2=O. The van der Waals surface area contributed by atoms with Crippen molar-refractivity contribution in [3.63, 3.8) is 0 Å². The van der Waals surface area contributed by atoms with E-state index >= 15 is 0 Å². The maximum atomic E-state index is 11.4. The van der Waals surface area contributed by atoms with Gasteiger partial charge in [0, 0.05) is 5.92 Å². The number of aliphatic hydroxyl groups is 1. The molecule has 2 bridgehead atoms. The number of carbonyl (C=O) groups excluding carboxylic acids is 1. The van der Waals surface area contributed by atoms with Crippen LogP contribution in [0.25, 0.3) is 0 Å². The largest absolute Gasteiger partial charge is 0.392 e. The first kappa shape index (κ1) is 7.99. The summed E-state index contributed by atoms with van der Waals surface area (Å²) in [7, 11) is 0. The van der Waals surface area contributed by atoms with Crippen molar-refractivity contribution in [2.24, 2.45) is 17.3 Å². The molecule has 1 N–H and O–H groups in total. The number of hydrogen-bond acceptors (Lipinski definition) is 2. The van der Waals surface area contributed by atoms with Gasteiger partial charge in [0.25, 0.3) is 0 Å². The number of aliphatic hydroxyl groups excluding tert-OH is 1. The van der Waals surface area contributed by atoms with Crippen molar-refractivity contribution in [1.29, 1.82) is 0 Å². The first-order valence-corrected chi connectivity index (χ1v) is 4.42. The third-order valence-electron chi connectivity index (χ3n) is 3.57. The van der Waals surface area contributed by atoms with E-state index in [-0.39, 0.29) is 23.7 Å². The van der Waals surface area contributed by atoms with E-state index in [2.05, 4.69) is 13.8 Å². The third kappa shape index (κ3) is 0.761. The lowest BCUT2D eigenvalue weighted by molar-refractivity contribution is -0.134. The molecule has 0 aliphatic heterocycles. The molecular formula is C10H14O2. The van der Waals surface area contributed by atoms with Crippen molar-refractivity contribution in [3.05, 3.63) is 11.6 Å². The molecule has 0 aromatic heterocycles. The zero-order valence-corrected chi connectivity index (χ0v) is 7.50. The Balaban J connectivity index is 2.36. The molecule has 2 atom stereocenters. The smallest absolute Gasteiger partial charge is 0.159 e. The van der Waals surface area contributed by atoms with Gasteiger partial charge in [-0.2, -0.15) is 0 Å². The highest BCUT2D eigenvalue weighted by molar-refractivity contribution is 5.96. The fourth-order valence-corrected chi connectivity index (χ4v) is 2.58. The average molecular weight is 166 g/mol. The second kappa shape index (κ2) is 2.19. The molecule has 3 aliphatic carbocycles. The summed E-state index contributed by atoms with van der Waals surface area (Å²) in [5, 5.41) is 9.02. The van der Waals surface area contributed by atoms with E-state index < -0.39 is 0 Å². The van der Waals surface area contributed by atoms with Crippen molar-refractivity contribution in [2.45, 2.75) is 20.3 Å². The van der Waals surface area contributed by atoms with Gasteiger partial charge < -0.3 is 5.11 Å². The molecule has 12 heavy (non-hydrogen) atoms. The molecule has 66 valence electrons. The van der Waals surface area contributed by atoms with E-state index in [9.17, 15) is 4.79 Å². The van der Waals surface area contributed by atoms with Gasteiger partial charge in [-0.1, -0.05) is 13.8 Å². The summed E-state index contributed by atoms with van der Waals surface area (Å²) in [6, 6.07) is 0. The van der Waals surface area contributed by atoms with E-state index in [0.29, 0.717) is 5.92 Å². The predicted octanol–water partition coefficient (Wildman–Crippen LogP) is 1.15. The molecule has 2 heteroatoms. The molecule has 2 nitrogen and oxygen atoms in total. The molecule has 0 unspecified atom stereocenters. The van der Waals surface area contributed by atoms with Crippen LogP contribution in [0.5, 0.6) is 0 Å². The molecule has 0 saturated heterocycles. The predicted molar refractivity (Wildman–Crippen MR) is 45.6 cm³/mol. The van der Waals surface area contributed by atoms with Gasteiger partial charge >= 0.3 is 0 Å². The summed E-state index contributed by atoms with van der Waals surface area (Å²) in [4.78, 5) is 11.4. The Morgan fingerprint density at radius 3 is 2.67 bits per heavy atom. The lowest BCUT2D eigenvalue weighted by Crippen LogP contribution is -2.52. The van der Waals surface area contributed by atoms with Gasteiger partial charge in [0.05, 0.1) is 6.61 Å². The third-order valence-corrected chi connectivity index (χ3v) is 3.57. The molecule has 0 amide bonds.